The molecular formula is C16H19FN4. The van der Waals surface area contributed by atoms with Crippen LogP contribution in [0.3, 0.4) is 0 Å². The van der Waals surface area contributed by atoms with Crippen LogP contribution in [0.5, 0.6) is 0 Å². The van der Waals surface area contributed by atoms with E-state index in [0.29, 0.717) is 13.0 Å². The molecule has 1 aliphatic heterocycles. The summed E-state index contributed by atoms with van der Waals surface area (Å²) in [6, 6.07) is 8.71. The number of anilines is 2. The topological polar surface area (TPSA) is 41.1 Å². The van der Waals surface area contributed by atoms with Crippen molar-refractivity contribution in [1.82, 2.24) is 9.97 Å². The molecule has 4 nitrogen and oxygen atoms in total. The van der Waals surface area contributed by atoms with Crippen molar-refractivity contribution in [2.24, 2.45) is 0 Å². The van der Waals surface area contributed by atoms with Gasteiger partial charge in [-0.2, -0.15) is 4.98 Å². The van der Waals surface area contributed by atoms with Crippen molar-refractivity contribution < 1.29 is 4.39 Å². The molecule has 0 atom stereocenters. The second kappa shape index (κ2) is 6.52. The first-order chi connectivity index (χ1) is 10.3. The molecule has 21 heavy (non-hydrogen) atoms. The average molecular weight is 286 g/mol. The van der Waals surface area contributed by atoms with E-state index in [1.165, 1.54) is 18.9 Å². The molecule has 0 amide bonds. The van der Waals surface area contributed by atoms with E-state index in [0.717, 1.165) is 30.4 Å². The first-order valence-electron chi connectivity index (χ1n) is 7.38. The Balaban J connectivity index is 1.58. The summed E-state index contributed by atoms with van der Waals surface area (Å²) in [5.74, 6) is 1.42. The SMILES string of the molecule is Fc1ccccc1CCNc1ccnc(N2CCCC2)n1. The lowest BCUT2D eigenvalue weighted by atomic mass is 10.1. The fraction of sp³-hybridized carbons (Fsp3) is 0.375. The number of hydrogen-bond donors (Lipinski definition) is 1. The summed E-state index contributed by atoms with van der Waals surface area (Å²) in [6.45, 7) is 2.70. The number of halogens is 1. The zero-order chi connectivity index (χ0) is 14.5. The van der Waals surface area contributed by atoms with Crippen molar-refractivity contribution in [3.8, 4) is 0 Å². The van der Waals surface area contributed by atoms with Gasteiger partial charge in [-0.05, 0) is 37.0 Å². The first kappa shape index (κ1) is 13.8. The average Bonchev–Trinajstić information content (AvgIpc) is 3.04. The molecule has 1 aromatic heterocycles. The predicted octanol–water partition coefficient (Wildman–Crippen LogP) is 2.87. The molecule has 0 unspecified atom stereocenters. The van der Waals surface area contributed by atoms with E-state index in [1.54, 1.807) is 12.3 Å². The fourth-order valence-corrected chi connectivity index (χ4v) is 2.54. The molecule has 1 aromatic carbocycles. The van der Waals surface area contributed by atoms with Crippen molar-refractivity contribution >= 4 is 11.8 Å². The van der Waals surface area contributed by atoms with Crippen LogP contribution in [0.4, 0.5) is 16.2 Å². The van der Waals surface area contributed by atoms with Gasteiger partial charge in [-0.15, -0.1) is 0 Å². The van der Waals surface area contributed by atoms with Crippen LogP contribution in [0, 0.1) is 5.82 Å². The molecule has 3 rings (SSSR count). The number of benzene rings is 1. The minimum Gasteiger partial charge on any atom is -0.370 e. The lowest BCUT2D eigenvalue weighted by Crippen LogP contribution is -2.21. The molecule has 0 aliphatic carbocycles. The smallest absolute Gasteiger partial charge is 0.227 e. The van der Waals surface area contributed by atoms with Crippen LogP contribution in [0.2, 0.25) is 0 Å². The summed E-state index contributed by atoms with van der Waals surface area (Å²) in [6.07, 6.45) is 4.81. The van der Waals surface area contributed by atoms with Gasteiger partial charge in [0.25, 0.3) is 0 Å². The summed E-state index contributed by atoms with van der Waals surface area (Å²) >= 11 is 0. The van der Waals surface area contributed by atoms with E-state index in [2.05, 4.69) is 20.2 Å². The van der Waals surface area contributed by atoms with Crippen molar-refractivity contribution in [1.29, 1.82) is 0 Å². The molecule has 2 heterocycles. The highest BCUT2D eigenvalue weighted by Crippen LogP contribution is 2.16. The van der Waals surface area contributed by atoms with Crippen LogP contribution < -0.4 is 10.2 Å². The molecule has 0 bridgehead atoms. The zero-order valence-electron chi connectivity index (χ0n) is 11.9. The summed E-state index contributed by atoms with van der Waals surface area (Å²) in [5, 5.41) is 3.24. The lowest BCUT2D eigenvalue weighted by molar-refractivity contribution is 0.610. The van der Waals surface area contributed by atoms with E-state index in [4.69, 9.17) is 0 Å². The van der Waals surface area contributed by atoms with Crippen LogP contribution in [0.15, 0.2) is 36.5 Å². The Bertz CT molecular complexity index is 596. The predicted molar refractivity (Wildman–Crippen MR) is 82.1 cm³/mol. The maximum absolute atomic E-state index is 13.5. The van der Waals surface area contributed by atoms with Crippen molar-refractivity contribution in [3.63, 3.8) is 0 Å². The Hall–Kier alpha value is -2.17. The largest absolute Gasteiger partial charge is 0.370 e. The number of nitrogens with one attached hydrogen (secondary N) is 1. The summed E-state index contributed by atoms with van der Waals surface area (Å²) < 4.78 is 13.5. The van der Waals surface area contributed by atoms with Crippen LogP contribution >= 0.6 is 0 Å². The van der Waals surface area contributed by atoms with Gasteiger partial charge in [0.15, 0.2) is 0 Å². The molecule has 110 valence electrons. The lowest BCUT2D eigenvalue weighted by Gasteiger charge is -2.15. The molecule has 1 N–H and O–H groups in total. The molecule has 1 aliphatic rings. The fourth-order valence-electron chi connectivity index (χ4n) is 2.54. The molecule has 1 saturated heterocycles. The summed E-state index contributed by atoms with van der Waals surface area (Å²) in [5.41, 5.74) is 0.721. The van der Waals surface area contributed by atoms with Crippen LogP contribution in [-0.4, -0.2) is 29.6 Å². The van der Waals surface area contributed by atoms with E-state index in [9.17, 15) is 4.39 Å². The monoisotopic (exact) mass is 286 g/mol. The highest BCUT2D eigenvalue weighted by molar-refractivity contribution is 5.41. The first-order valence-corrected chi connectivity index (χ1v) is 7.38. The Morgan fingerprint density at radius 1 is 1.14 bits per heavy atom. The molecule has 0 saturated carbocycles. The van der Waals surface area contributed by atoms with Crippen LogP contribution in [-0.2, 0) is 6.42 Å². The quantitative estimate of drug-likeness (QED) is 0.917. The zero-order valence-corrected chi connectivity index (χ0v) is 11.9. The van der Waals surface area contributed by atoms with Crippen molar-refractivity contribution in [2.45, 2.75) is 19.3 Å². The van der Waals surface area contributed by atoms with Gasteiger partial charge in [-0.3, -0.25) is 0 Å². The van der Waals surface area contributed by atoms with Gasteiger partial charge in [0, 0.05) is 25.8 Å². The van der Waals surface area contributed by atoms with E-state index >= 15 is 0 Å². The van der Waals surface area contributed by atoms with Gasteiger partial charge < -0.3 is 10.2 Å². The van der Waals surface area contributed by atoms with Gasteiger partial charge in [0.2, 0.25) is 5.95 Å². The van der Waals surface area contributed by atoms with E-state index in [1.807, 2.05) is 18.2 Å². The molecule has 1 fully saturated rings. The van der Waals surface area contributed by atoms with Gasteiger partial charge >= 0.3 is 0 Å². The Morgan fingerprint density at radius 3 is 2.76 bits per heavy atom. The maximum Gasteiger partial charge on any atom is 0.227 e. The van der Waals surface area contributed by atoms with Gasteiger partial charge in [0.1, 0.15) is 11.6 Å². The molecule has 0 radical (unpaired) electrons. The van der Waals surface area contributed by atoms with Crippen LogP contribution in [0.1, 0.15) is 18.4 Å². The number of aromatic nitrogens is 2. The standard InChI is InChI=1S/C16H19FN4/c17-14-6-2-1-5-13(14)7-9-18-15-8-10-19-16(20-15)21-11-3-4-12-21/h1-2,5-6,8,10H,3-4,7,9,11-12H2,(H,18,19,20). The summed E-state index contributed by atoms with van der Waals surface area (Å²) in [7, 11) is 0. The highest BCUT2D eigenvalue weighted by atomic mass is 19.1. The van der Waals surface area contributed by atoms with Crippen molar-refractivity contribution in [3.05, 3.63) is 47.9 Å². The van der Waals surface area contributed by atoms with E-state index in [-0.39, 0.29) is 5.82 Å². The third-order valence-electron chi connectivity index (χ3n) is 3.69. The van der Waals surface area contributed by atoms with Gasteiger partial charge in [-0.1, -0.05) is 18.2 Å². The summed E-state index contributed by atoms with van der Waals surface area (Å²) in [4.78, 5) is 11.0. The third kappa shape index (κ3) is 3.48. The molecule has 5 heteroatoms. The minimum atomic E-state index is -0.153. The second-order valence-electron chi connectivity index (χ2n) is 5.20. The number of rotatable bonds is 5. The van der Waals surface area contributed by atoms with E-state index < -0.39 is 0 Å². The minimum absolute atomic E-state index is 0.153. The molecule has 0 spiro atoms. The van der Waals surface area contributed by atoms with Gasteiger partial charge in [0.05, 0.1) is 0 Å². The molecular weight excluding hydrogens is 267 g/mol. The number of nitrogens with zero attached hydrogens (tertiary/aromatic N) is 3. The third-order valence-corrected chi connectivity index (χ3v) is 3.69. The Morgan fingerprint density at radius 2 is 1.95 bits per heavy atom. The Kier molecular flexibility index (Phi) is 4.28. The Labute approximate surface area is 124 Å². The van der Waals surface area contributed by atoms with Crippen molar-refractivity contribution in [2.75, 3.05) is 29.9 Å². The number of hydrogen-bond acceptors (Lipinski definition) is 4. The van der Waals surface area contributed by atoms with Crippen LogP contribution in [0.25, 0.3) is 0 Å². The molecule has 2 aromatic rings. The normalized spacial score (nSPS) is 14.4. The second-order valence-corrected chi connectivity index (χ2v) is 5.20. The maximum atomic E-state index is 13.5. The van der Waals surface area contributed by atoms with Gasteiger partial charge in [-0.25, -0.2) is 9.37 Å². The highest BCUT2D eigenvalue weighted by Gasteiger charge is 2.14.